The summed E-state index contributed by atoms with van der Waals surface area (Å²) in [4.78, 5) is 11.3. The highest BCUT2D eigenvalue weighted by molar-refractivity contribution is 15.0. The first-order valence-corrected chi connectivity index (χ1v) is 11.2. The van der Waals surface area contributed by atoms with Crippen LogP contribution in [0.2, 0.25) is 0 Å². The first kappa shape index (κ1) is 16.1. The molecular weight excluding hydrogens is 428 g/mol. The molecule has 0 aliphatic heterocycles. The first-order valence-electron chi connectivity index (χ1n) is 4.89. The van der Waals surface area contributed by atoms with Crippen LogP contribution in [-0.4, -0.2) is 5.91 Å². The summed E-state index contributed by atoms with van der Waals surface area (Å²) < 4.78 is 0. The van der Waals surface area contributed by atoms with Crippen molar-refractivity contribution in [3.8, 4) is 0 Å². The Kier molecular flexibility index (Phi) is 6.84. The van der Waals surface area contributed by atoms with Crippen LogP contribution in [-0.2, 0) is 0 Å². The summed E-state index contributed by atoms with van der Waals surface area (Å²) >= 11 is 4.24. The van der Waals surface area contributed by atoms with E-state index in [9.17, 15) is 4.79 Å². The van der Waals surface area contributed by atoms with Gasteiger partial charge in [0, 0.05) is 42.8 Å². The SMILES string of the molecule is Cc1c(C)c(C)c(C(N)=O)c(C)c1C.II. The van der Waals surface area contributed by atoms with Crippen molar-refractivity contribution in [2.75, 3.05) is 0 Å². The lowest BCUT2D eigenvalue weighted by atomic mass is 9.89. The third kappa shape index (κ3) is 3.09. The van der Waals surface area contributed by atoms with Crippen LogP contribution in [0.3, 0.4) is 0 Å². The second-order valence-corrected chi connectivity index (χ2v) is 3.86. The van der Waals surface area contributed by atoms with Gasteiger partial charge in [0.1, 0.15) is 0 Å². The van der Waals surface area contributed by atoms with Crippen molar-refractivity contribution in [1.82, 2.24) is 0 Å². The average molecular weight is 445 g/mol. The molecule has 0 fully saturated rings. The van der Waals surface area contributed by atoms with Crippen molar-refractivity contribution in [2.45, 2.75) is 34.6 Å². The van der Waals surface area contributed by atoms with Crippen LogP contribution in [0.15, 0.2) is 0 Å². The summed E-state index contributed by atoms with van der Waals surface area (Å²) in [6, 6.07) is 0. The van der Waals surface area contributed by atoms with Gasteiger partial charge >= 0.3 is 0 Å². The maximum absolute atomic E-state index is 11.3. The van der Waals surface area contributed by atoms with Crippen LogP contribution < -0.4 is 5.73 Å². The summed E-state index contributed by atoms with van der Waals surface area (Å²) in [6.45, 7) is 10.0. The van der Waals surface area contributed by atoms with Crippen molar-refractivity contribution < 1.29 is 4.79 Å². The molecule has 0 saturated heterocycles. The number of hydrogen-bond donors (Lipinski definition) is 1. The van der Waals surface area contributed by atoms with E-state index in [-0.39, 0.29) is 5.91 Å². The van der Waals surface area contributed by atoms with E-state index < -0.39 is 0 Å². The number of hydrogen-bond acceptors (Lipinski definition) is 1. The topological polar surface area (TPSA) is 43.1 Å². The number of rotatable bonds is 1. The number of amides is 1. The molecular formula is C12H17I2NO. The summed E-state index contributed by atoms with van der Waals surface area (Å²) in [7, 11) is 0. The van der Waals surface area contributed by atoms with Crippen LogP contribution >= 0.6 is 37.2 Å². The summed E-state index contributed by atoms with van der Waals surface area (Å²) in [5.41, 5.74) is 11.7. The van der Waals surface area contributed by atoms with Gasteiger partial charge in [0.15, 0.2) is 0 Å². The fourth-order valence-corrected chi connectivity index (χ4v) is 1.87. The number of primary amides is 1. The Labute approximate surface area is 121 Å². The van der Waals surface area contributed by atoms with Crippen molar-refractivity contribution in [3.05, 3.63) is 33.4 Å². The van der Waals surface area contributed by atoms with E-state index in [1.54, 1.807) is 0 Å². The number of halogens is 2. The van der Waals surface area contributed by atoms with Gasteiger partial charge in [-0.2, -0.15) is 0 Å². The molecule has 1 rings (SSSR count). The maximum atomic E-state index is 11.3. The maximum Gasteiger partial charge on any atom is 0.249 e. The molecule has 4 heteroatoms. The monoisotopic (exact) mass is 445 g/mol. The minimum atomic E-state index is -0.328. The molecule has 0 unspecified atom stereocenters. The van der Waals surface area contributed by atoms with Crippen LogP contribution in [0, 0.1) is 34.6 Å². The van der Waals surface area contributed by atoms with Crippen molar-refractivity contribution >= 4 is 43.1 Å². The molecule has 0 bridgehead atoms. The van der Waals surface area contributed by atoms with E-state index in [0.717, 1.165) is 11.1 Å². The van der Waals surface area contributed by atoms with Gasteiger partial charge in [0.05, 0.1) is 0 Å². The van der Waals surface area contributed by atoms with E-state index in [1.165, 1.54) is 16.7 Å². The van der Waals surface area contributed by atoms with E-state index in [0.29, 0.717) is 5.56 Å². The van der Waals surface area contributed by atoms with E-state index >= 15 is 0 Å². The van der Waals surface area contributed by atoms with Crippen molar-refractivity contribution in [1.29, 1.82) is 0 Å². The predicted molar refractivity (Wildman–Crippen MR) is 86.7 cm³/mol. The Morgan fingerprint density at radius 1 is 0.812 bits per heavy atom. The predicted octanol–water partition coefficient (Wildman–Crippen LogP) is 4.10. The number of nitrogens with two attached hydrogens (primary N) is 1. The van der Waals surface area contributed by atoms with Crippen LogP contribution in [0.5, 0.6) is 0 Å². The van der Waals surface area contributed by atoms with Crippen LogP contribution in [0.4, 0.5) is 0 Å². The average Bonchev–Trinajstić information content (AvgIpc) is 2.26. The second kappa shape index (κ2) is 6.78. The number of carbonyl (C=O) groups is 1. The standard InChI is InChI=1S/C12H17NO.I2/c1-6-7(2)9(4)11(12(13)14)10(5)8(6)3;1-2/h1-5H3,(H2,13,14);. The number of carbonyl (C=O) groups excluding carboxylic acids is 1. The highest BCUT2D eigenvalue weighted by Gasteiger charge is 2.15. The van der Waals surface area contributed by atoms with Gasteiger partial charge < -0.3 is 5.73 Å². The zero-order chi connectivity index (χ0) is 13.0. The number of benzene rings is 1. The molecule has 0 heterocycles. The molecule has 2 nitrogen and oxygen atoms in total. The normalized spacial score (nSPS) is 9.44. The van der Waals surface area contributed by atoms with Gasteiger partial charge in [0.2, 0.25) is 5.91 Å². The Balaban J connectivity index is 0.00000106. The Bertz CT molecular complexity index is 385. The van der Waals surface area contributed by atoms with Gasteiger partial charge in [-0.3, -0.25) is 4.79 Å². The quantitative estimate of drug-likeness (QED) is 0.651. The molecule has 0 atom stereocenters. The highest BCUT2D eigenvalue weighted by Crippen LogP contribution is 2.25. The van der Waals surface area contributed by atoms with Gasteiger partial charge in [-0.05, 0) is 62.4 Å². The summed E-state index contributed by atoms with van der Waals surface area (Å²) in [6.07, 6.45) is 0. The molecule has 0 aliphatic rings. The fraction of sp³-hybridized carbons (Fsp3) is 0.417. The van der Waals surface area contributed by atoms with E-state index in [1.807, 2.05) is 27.7 Å². The zero-order valence-electron chi connectivity index (χ0n) is 10.2. The molecule has 1 aromatic rings. The fourth-order valence-electron chi connectivity index (χ4n) is 1.87. The van der Waals surface area contributed by atoms with Crippen LogP contribution in [0.1, 0.15) is 38.2 Å². The molecule has 1 amide bonds. The van der Waals surface area contributed by atoms with E-state index in [2.05, 4.69) is 44.2 Å². The zero-order valence-corrected chi connectivity index (χ0v) is 14.6. The van der Waals surface area contributed by atoms with Crippen molar-refractivity contribution in [2.24, 2.45) is 5.73 Å². The largest absolute Gasteiger partial charge is 0.366 e. The Morgan fingerprint density at radius 2 is 1.06 bits per heavy atom. The molecule has 0 radical (unpaired) electrons. The molecule has 0 aromatic heterocycles. The molecule has 16 heavy (non-hydrogen) atoms. The lowest BCUT2D eigenvalue weighted by Crippen LogP contribution is -2.16. The minimum Gasteiger partial charge on any atom is -0.366 e. The molecule has 90 valence electrons. The Morgan fingerprint density at radius 3 is 1.31 bits per heavy atom. The lowest BCUT2D eigenvalue weighted by Gasteiger charge is -2.16. The second-order valence-electron chi connectivity index (χ2n) is 3.86. The third-order valence-corrected chi connectivity index (χ3v) is 3.25. The van der Waals surface area contributed by atoms with Crippen molar-refractivity contribution in [3.63, 3.8) is 0 Å². The molecule has 0 saturated carbocycles. The molecule has 0 aliphatic carbocycles. The highest BCUT2D eigenvalue weighted by atomic mass is 128. The van der Waals surface area contributed by atoms with Gasteiger partial charge in [-0.25, -0.2) is 0 Å². The first-order chi connectivity index (χ1) is 7.37. The third-order valence-electron chi connectivity index (χ3n) is 3.25. The van der Waals surface area contributed by atoms with Crippen LogP contribution in [0.25, 0.3) is 0 Å². The summed E-state index contributed by atoms with van der Waals surface area (Å²) in [5.74, 6) is -0.328. The molecule has 2 N–H and O–H groups in total. The summed E-state index contributed by atoms with van der Waals surface area (Å²) in [5, 5.41) is 0. The smallest absolute Gasteiger partial charge is 0.249 e. The van der Waals surface area contributed by atoms with Gasteiger partial charge in [0.25, 0.3) is 0 Å². The van der Waals surface area contributed by atoms with Gasteiger partial charge in [-0.1, -0.05) is 0 Å². The minimum absolute atomic E-state index is 0.328. The van der Waals surface area contributed by atoms with E-state index in [4.69, 9.17) is 5.73 Å². The lowest BCUT2D eigenvalue weighted by molar-refractivity contribution is 0.0999. The molecule has 1 aromatic carbocycles. The molecule has 0 spiro atoms. The Hall–Kier alpha value is 0.150. The van der Waals surface area contributed by atoms with Gasteiger partial charge in [-0.15, -0.1) is 0 Å².